The highest BCUT2D eigenvalue weighted by molar-refractivity contribution is 5.73. The van der Waals surface area contributed by atoms with Crippen molar-refractivity contribution in [2.45, 2.75) is 83.2 Å². The van der Waals surface area contributed by atoms with Gasteiger partial charge in [-0.3, -0.25) is 4.79 Å². The number of quaternary nitrogens is 1. The maximum atomic E-state index is 13.7. The highest BCUT2D eigenvalue weighted by Gasteiger charge is 2.52. The van der Waals surface area contributed by atoms with Gasteiger partial charge in [-0.1, -0.05) is 32.1 Å². The molecule has 0 aromatic heterocycles. The van der Waals surface area contributed by atoms with Gasteiger partial charge in [0.25, 0.3) is 0 Å². The molecule has 1 saturated carbocycles. The predicted molar refractivity (Wildman–Crippen MR) is 119 cm³/mol. The minimum absolute atomic E-state index is 0.117. The summed E-state index contributed by atoms with van der Waals surface area (Å²) in [5.74, 6) is -1.16. The minimum atomic E-state index is -2.43. The number of aliphatic hydroxyl groups excluding tert-OH is 1. The molecule has 3 rings (SSSR count). The average Bonchev–Trinajstić information content (AvgIpc) is 3.51. The van der Waals surface area contributed by atoms with Crippen molar-refractivity contribution in [3.05, 3.63) is 47.4 Å². The van der Waals surface area contributed by atoms with E-state index in [0.717, 1.165) is 18.4 Å². The normalized spacial score (nSPS) is 26.3. The number of hydrogen-bond acceptors (Lipinski definition) is 2. The lowest BCUT2D eigenvalue weighted by Crippen LogP contribution is -2.94. The zero-order valence-electron chi connectivity index (χ0n) is 19.5. The number of alkyl halides is 3. The molecule has 1 fully saturated rings. The Bertz CT molecular complexity index is 858. The maximum Gasteiger partial charge on any atom is 0.244 e. The number of carbonyl (C=O) groups excluding carboxylic acids is 1. The van der Waals surface area contributed by atoms with Gasteiger partial charge in [-0.2, -0.15) is 0 Å². The SMILES string of the molecule is CC(=O)NC(CC1=CC(F)CC(F)=C1)C(O)C[NH2+]C1(C2=CC=CC(C(C)(C)C(F)F)C2)CC1. The molecule has 33 heavy (non-hydrogen) atoms. The van der Waals surface area contributed by atoms with Gasteiger partial charge >= 0.3 is 0 Å². The molecule has 3 aliphatic carbocycles. The third-order valence-electron chi connectivity index (χ3n) is 7.21. The molecular weight excluding hydrogens is 436 g/mol. The zero-order chi connectivity index (χ0) is 24.4. The maximum absolute atomic E-state index is 13.7. The number of carbonyl (C=O) groups is 1. The van der Waals surface area contributed by atoms with Crippen molar-refractivity contribution < 1.29 is 32.8 Å². The molecule has 184 valence electrons. The van der Waals surface area contributed by atoms with Crippen molar-refractivity contribution in [2.24, 2.45) is 11.3 Å². The van der Waals surface area contributed by atoms with Gasteiger partial charge < -0.3 is 15.7 Å². The van der Waals surface area contributed by atoms with Gasteiger partial charge in [0.05, 0.1) is 6.04 Å². The van der Waals surface area contributed by atoms with Crippen LogP contribution < -0.4 is 10.6 Å². The Morgan fingerprint density at radius 3 is 2.61 bits per heavy atom. The molecule has 4 unspecified atom stereocenters. The van der Waals surface area contributed by atoms with Crippen LogP contribution in [0.4, 0.5) is 17.6 Å². The van der Waals surface area contributed by atoms with Crippen LogP contribution in [0, 0.1) is 11.3 Å². The van der Waals surface area contributed by atoms with Gasteiger partial charge in [0, 0.05) is 31.6 Å². The fraction of sp³-hybridized carbons (Fsp3) is 0.640. The fourth-order valence-corrected chi connectivity index (χ4v) is 4.73. The first-order chi connectivity index (χ1) is 15.4. The predicted octanol–water partition coefficient (Wildman–Crippen LogP) is 3.65. The molecule has 3 aliphatic rings. The molecule has 4 N–H and O–H groups in total. The first-order valence-electron chi connectivity index (χ1n) is 11.6. The highest BCUT2D eigenvalue weighted by Crippen LogP contribution is 2.47. The average molecular weight is 472 g/mol. The Labute approximate surface area is 192 Å². The molecule has 4 atom stereocenters. The lowest BCUT2D eigenvalue weighted by Gasteiger charge is -2.35. The van der Waals surface area contributed by atoms with Gasteiger partial charge in [-0.25, -0.2) is 17.6 Å². The van der Waals surface area contributed by atoms with Crippen LogP contribution in [0.3, 0.4) is 0 Å². The molecule has 0 spiro atoms. The molecule has 0 heterocycles. The molecule has 0 aromatic rings. The van der Waals surface area contributed by atoms with Crippen molar-refractivity contribution in [1.29, 1.82) is 0 Å². The summed E-state index contributed by atoms with van der Waals surface area (Å²) in [5, 5.41) is 15.6. The summed E-state index contributed by atoms with van der Waals surface area (Å²) < 4.78 is 54.4. The largest absolute Gasteiger partial charge is 0.385 e. The Morgan fingerprint density at radius 1 is 1.33 bits per heavy atom. The van der Waals surface area contributed by atoms with Gasteiger partial charge in [-0.15, -0.1) is 0 Å². The van der Waals surface area contributed by atoms with Crippen LogP contribution in [0.2, 0.25) is 0 Å². The number of nitrogens with one attached hydrogen (secondary N) is 1. The number of amides is 1. The second-order valence-electron chi connectivity index (χ2n) is 10.2. The van der Waals surface area contributed by atoms with Crippen LogP contribution in [-0.2, 0) is 4.79 Å². The molecule has 0 radical (unpaired) electrons. The molecule has 8 heteroatoms. The molecule has 0 aliphatic heterocycles. The van der Waals surface area contributed by atoms with Crippen molar-refractivity contribution in [1.82, 2.24) is 5.32 Å². The van der Waals surface area contributed by atoms with Gasteiger partial charge in [0.2, 0.25) is 12.3 Å². The Hall–Kier alpha value is -1.93. The molecule has 0 aromatic carbocycles. The van der Waals surface area contributed by atoms with E-state index in [-0.39, 0.29) is 36.8 Å². The summed E-state index contributed by atoms with van der Waals surface area (Å²) in [4.78, 5) is 11.7. The summed E-state index contributed by atoms with van der Waals surface area (Å²) in [6, 6.07) is -0.694. The van der Waals surface area contributed by atoms with E-state index in [2.05, 4.69) is 5.32 Å². The summed E-state index contributed by atoms with van der Waals surface area (Å²) in [5.41, 5.74) is 0.130. The van der Waals surface area contributed by atoms with Crippen molar-refractivity contribution >= 4 is 5.91 Å². The van der Waals surface area contributed by atoms with E-state index in [1.807, 2.05) is 23.5 Å². The first-order valence-corrected chi connectivity index (χ1v) is 11.6. The number of nitrogens with two attached hydrogens (primary N) is 1. The number of allylic oxidation sites excluding steroid dienone is 6. The van der Waals surface area contributed by atoms with E-state index in [4.69, 9.17) is 0 Å². The number of halogens is 4. The van der Waals surface area contributed by atoms with E-state index in [1.54, 1.807) is 13.8 Å². The van der Waals surface area contributed by atoms with Crippen LogP contribution in [0.5, 0.6) is 0 Å². The summed E-state index contributed by atoms with van der Waals surface area (Å²) in [7, 11) is 0. The molecule has 1 amide bonds. The van der Waals surface area contributed by atoms with E-state index >= 15 is 0 Å². The van der Waals surface area contributed by atoms with Crippen molar-refractivity contribution in [3.63, 3.8) is 0 Å². The van der Waals surface area contributed by atoms with Gasteiger partial charge in [0.15, 0.2) is 0 Å². The van der Waals surface area contributed by atoms with Gasteiger partial charge in [-0.05, 0) is 42.1 Å². The fourth-order valence-electron chi connectivity index (χ4n) is 4.73. The first kappa shape index (κ1) is 25.7. The Balaban J connectivity index is 1.64. The van der Waals surface area contributed by atoms with Crippen LogP contribution >= 0.6 is 0 Å². The smallest absolute Gasteiger partial charge is 0.244 e. The molecular formula is C25H35F4N2O2+. The Kier molecular flexibility index (Phi) is 7.89. The lowest BCUT2D eigenvalue weighted by molar-refractivity contribution is -0.701. The second kappa shape index (κ2) is 10.1. The molecule has 0 bridgehead atoms. The van der Waals surface area contributed by atoms with E-state index in [1.165, 1.54) is 19.1 Å². The van der Waals surface area contributed by atoms with Crippen LogP contribution in [0.15, 0.2) is 47.4 Å². The summed E-state index contributed by atoms with van der Waals surface area (Å²) >= 11 is 0. The quantitative estimate of drug-likeness (QED) is 0.426. The number of rotatable bonds is 10. The standard InChI is InChI=1S/C25H34F4N2O2/c1-15(32)31-21(11-16-9-19(26)13-20(27)10-16)22(33)14-30-25(7-8-25)18-6-4-5-17(12-18)24(2,3)23(28)29/h4-6,9-10,17,19,21-23,30,33H,7-8,11-14H2,1-3H3,(H,31,32)/p+1. The van der Waals surface area contributed by atoms with Crippen LogP contribution in [-0.4, -0.2) is 47.8 Å². The van der Waals surface area contributed by atoms with Crippen molar-refractivity contribution in [3.8, 4) is 0 Å². The highest BCUT2D eigenvalue weighted by atomic mass is 19.3. The monoisotopic (exact) mass is 471 g/mol. The molecule has 0 saturated heterocycles. The molecule has 4 nitrogen and oxygen atoms in total. The third kappa shape index (κ3) is 6.35. The zero-order valence-corrected chi connectivity index (χ0v) is 19.5. The van der Waals surface area contributed by atoms with Crippen LogP contribution in [0.25, 0.3) is 0 Å². The summed E-state index contributed by atoms with van der Waals surface area (Å²) in [6.45, 7) is 4.77. The van der Waals surface area contributed by atoms with E-state index in [0.29, 0.717) is 12.0 Å². The topological polar surface area (TPSA) is 65.9 Å². The minimum Gasteiger partial charge on any atom is -0.385 e. The summed E-state index contributed by atoms with van der Waals surface area (Å²) in [6.07, 6.45) is 5.60. The Morgan fingerprint density at radius 2 is 2.03 bits per heavy atom. The van der Waals surface area contributed by atoms with Crippen LogP contribution in [0.1, 0.15) is 52.9 Å². The second-order valence-corrected chi connectivity index (χ2v) is 10.2. The number of aliphatic hydroxyl groups is 1. The third-order valence-corrected chi connectivity index (χ3v) is 7.21. The number of hydrogen-bond donors (Lipinski definition) is 3. The van der Waals surface area contributed by atoms with Gasteiger partial charge in [0.1, 0.15) is 30.2 Å². The van der Waals surface area contributed by atoms with E-state index < -0.39 is 36.0 Å². The lowest BCUT2D eigenvalue weighted by atomic mass is 9.72. The van der Waals surface area contributed by atoms with E-state index in [9.17, 15) is 27.5 Å². The van der Waals surface area contributed by atoms with Crippen molar-refractivity contribution in [2.75, 3.05) is 6.54 Å².